The first-order valence-electron chi connectivity index (χ1n) is 3.96. The molecule has 0 aliphatic heterocycles. The van der Waals surface area contributed by atoms with Crippen LogP contribution in [0.15, 0.2) is 24.3 Å². The normalized spacial score (nSPS) is 20.6. The SMILES string of the molecule is C.CC1CCc2ccccc21. The van der Waals surface area contributed by atoms with Gasteiger partial charge in [0.25, 0.3) is 0 Å². The highest BCUT2D eigenvalue weighted by molar-refractivity contribution is 5.33. The van der Waals surface area contributed by atoms with E-state index < -0.39 is 0 Å². The lowest BCUT2D eigenvalue weighted by Gasteiger charge is -2.01. The molecule has 0 fully saturated rings. The van der Waals surface area contributed by atoms with Gasteiger partial charge in [-0.1, -0.05) is 38.6 Å². The van der Waals surface area contributed by atoms with Crippen LogP contribution in [0.2, 0.25) is 0 Å². The monoisotopic (exact) mass is 148 g/mol. The van der Waals surface area contributed by atoms with Gasteiger partial charge in [-0.05, 0) is 29.9 Å². The predicted octanol–water partition coefficient (Wildman–Crippen LogP) is 3.37. The van der Waals surface area contributed by atoms with Crippen molar-refractivity contribution in [3.05, 3.63) is 35.4 Å². The maximum atomic E-state index is 2.31. The van der Waals surface area contributed by atoms with Crippen molar-refractivity contribution in [3.8, 4) is 0 Å². The lowest BCUT2D eigenvalue weighted by atomic mass is 10.0. The quantitative estimate of drug-likeness (QED) is 0.529. The Morgan fingerprint density at radius 1 is 1.27 bits per heavy atom. The Hall–Kier alpha value is -0.780. The highest BCUT2D eigenvalue weighted by Gasteiger charge is 2.16. The molecular weight excluding hydrogens is 132 g/mol. The lowest BCUT2D eigenvalue weighted by molar-refractivity contribution is 0.747. The molecule has 60 valence electrons. The van der Waals surface area contributed by atoms with Gasteiger partial charge < -0.3 is 0 Å². The first kappa shape index (κ1) is 8.32. The van der Waals surface area contributed by atoms with Crippen LogP contribution < -0.4 is 0 Å². The van der Waals surface area contributed by atoms with Gasteiger partial charge in [-0.3, -0.25) is 0 Å². The van der Waals surface area contributed by atoms with Crippen molar-refractivity contribution in [1.82, 2.24) is 0 Å². The van der Waals surface area contributed by atoms with Gasteiger partial charge in [0.05, 0.1) is 0 Å². The van der Waals surface area contributed by atoms with Gasteiger partial charge in [-0.2, -0.15) is 0 Å². The molecule has 0 aromatic heterocycles. The molecule has 1 aromatic carbocycles. The molecule has 1 atom stereocenters. The van der Waals surface area contributed by atoms with Crippen molar-refractivity contribution in [3.63, 3.8) is 0 Å². The van der Waals surface area contributed by atoms with Crippen LogP contribution >= 0.6 is 0 Å². The van der Waals surface area contributed by atoms with Gasteiger partial charge in [0.2, 0.25) is 0 Å². The van der Waals surface area contributed by atoms with Crippen molar-refractivity contribution < 1.29 is 0 Å². The Kier molecular flexibility index (Phi) is 2.33. The van der Waals surface area contributed by atoms with E-state index in [-0.39, 0.29) is 7.43 Å². The van der Waals surface area contributed by atoms with Crippen molar-refractivity contribution in [2.75, 3.05) is 0 Å². The molecule has 0 bridgehead atoms. The number of rotatable bonds is 0. The second-order valence-corrected chi connectivity index (χ2v) is 3.14. The lowest BCUT2D eigenvalue weighted by Crippen LogP contribution is -1.83. The van der Waals surface area contributed by atoms with Gasteiger partial charge in [-0.15, -0.1) is 0 Å². The minimum atomic E-state index is 0. The average Bonchev–Trinajstić information content (AvgIpc) is 2.34. The Balaban J connectivity index is 0.000000605. The standard InChI is InChI=1S/C10H12.CH4/c1-8-6-7-9-4-2-3-5-10(8)9;/h2-5,8H,6-7H2,1H3;1H4. The molecule has 11 heavy (non-hydrogen) atoms. The summed E-state index contributed by atoms with van der Waals surface area (Å²) in [5, 5.41) is 0. The summed E-state index contributed by atoms with van der Waals surface area (Å²) in [6, 6.07) is 8.78. The zero-order valence-electron chi connectivity index (χ0n) is 6.30. The van der Waals surface area contributed by atoms with E-state index in [4.69, 9.17) is 0 Å². The summed E-state index contributed by atoms with van der Waals surface area (Å²) in [7, 11) is 0. The maximum Gasteiger partial charge on any atom is -0.0184 e. The highest BCUT2D eigenvalue weighted by Crippen LogP contribution is 2.31. The van der Waals surface area contributed by atoms with Crippen molar-refractivity contribution in [2.45, 2.75) is 33.1 Å². The zero-order chi connectivity index (χ0) is 6.97. The number of hydrogen-bond acceptors (Lipinski definition) is 0. The minimum absolute atomic E-state index is 0. The molecule has 0 heterocycles. The fourth-order valence-corrected chi connectivity index (χ4v) is 1.77. The van der Waals surface area contributed by atoms with Gasteiger partial charge in [0, 0.05) is 0 Å². The van der Waals surface area contributed by atoms with Crippen LogP contribution in [0, 0.1) is 0 Å². The molecule has 0 spiro atoms. The third kappa shape index (κ3) is 1.30. The molecule has 1 aliphatic rings. The Morgan fingerprint density at radius 3 is 2.73 bits per heavy atom. The van der Waals surface area contributed by atoms with E-state index in [2.05, 4.69) is 31.2 Å². The summed E-state index contributed by atoms with van der Waals surface area (Å²) in [5.41, 5.74) is 3.14. The summed E-state index contributed by atoms with van der Waals surface area (Å²) < 4.78 is 0. The summed E-state index contributed by atoms with van der Waals surface area (Å²) in [5.74, 6) is 0.802. The molecule has 2 rings (SSSR count). The molecule has 0 saturated heterocycles. The Labute approximate surface area is 69.3 Å². The van der Waals surface area contributed by atoms with Crippen molar-refractivity contribution in [1.29, 1.82) is 0 Å². The van der Waals surface area contributed by atoms with Crippen LogP contribution in [0.4, 0.5) is 0 Å². The molecule has 0 amide bonds. The fraction of sp³-hybridized carbons (Fsp3) is 0.455. The van der Waals surface area contributed by atoms with Crippen LogP contribution in [-0.2, 0) is 6.42 Å². The molecule has 1 unspecified atom stereocenters. The second kappa shape index (κ2) is 3.08. The summed E-state index contributed by atoms with van der Waals surface area (Å²) in [4.78, 5) is 0. The van der Waals surface area contributed by atoms with Gasteiger partial charge in [-0.25, -0.2) is 0 Å². The van der Waals surface area contributed by atoms with Crippen LogP contribution in [0.25, 0.3) is 0 Å². The Bertz CT molecular complexity index is 238. The molecule has 0 saturated carbocycles. The van der Waals surface area contributed by atoms with E-state index in [0.29, 0.717) is 0 Å². The fourth-order valence-electron chi connectivity index (χ4n) is 1.77. The van der Waals surface area contributed by atoms with Crippen LogP contribution in [0.5, 0.6) is 0 Å². The first-order chi connectivity index (χ1) is 4.88. The Morgan fingerprint density at radius 2 is 2.00 bits per heavy atom. The maximum absolute atomic E-state index is 2.31. The molecule has 0 nitrogen and oxygen atoms in total. The number of hydrogen-bond donors (Lipinski definition) is 0. The van der Waals surface area contributed by atoms with E-state index in [9.17, 15) is 0 Å². The minimum Gasteiger partial charge on any atom is -0.0776 e. The van der Waals surface area contributed by atoms with E-state index in [1.165, 1.54) is 12.8 Å². The van der Waals surface area contributed by atoms with Crippen LogP contribution in [0.1, 0.15) is 37.8 Å². The molecular formula is C11H16. The topological polar surface area (TPSA) is 0 Å². The van der Waals surface area contributed by atoms with Gasteiger partial charge in [0.1, 0.15) is 0 Å². The molecule has 1 aromatic rings. The van der Waals surface area contributed by atoms with Crippen LogP contribution in [-0.4, -0.2) is 0 Å². The van der Waals surface area contributed by atoms with E-state index in [1.807, 2.05) is 0 Å². The number of benzene rings is 1. The summed E-state index contributed by atoms with van der Waals surface area (Å²) in [6.45, 7) is 2.31. The second-order valence-electron chi connectivity index (χ2n) is 3.14. The molecule has 1 aliphatic carbocycles. The predicted molar refractivity (Wildman–Crippen MR) is 49.9 cm³/mol. The number of fused-ring (bicyclic) bond motifs is 1. The average molecular weight is 148 g/mol. The third-order valence-electron chi connectivity index (χ3n) is 2.43. The summed E-state index contributed by atoms with van der Waals surface area (Å²) in [6.07, 6.45) is 2.64. The van der Waals surface area contributed by atoms with Gasteiger partial charge in [0.15, 0.2) is 0 Å². The number of aryl methyl sites for hydroxylation is 1. The summed E-state index contributed by atoms with van der Waals surface area (Å²) >= 11 is 0. The third-order valence-corrected chi connectivity index (χ3v) is 2.43. The smallest absolute Gasteiger partial charge is 0.0184 e. The van der Waals surface area contributed by atoms with E-state index >= 15 is 0 Å². The van der Waals surface area contributed by atoms with Crippen molar-refractivity contribution >= 4 is 0 Å². The molecule has 0 heteroatoms. The van der Waals surface area contributed by atoms with Crippen molar-refractivity contribution in [2.24, 2.45) is 0 Å². The first-order valence-corrected chi connectivity index (χ1v) is 3.96. The largest absolute Gasteiger partial charge is 0.0776 e. The van der Waals surface area contributed by atoms with E-state index in [1.54, 1.807) is 11.1 Å². The zero-order valence-corrected chi connectivity index (χ0v) is 6.30. The van der Waals surface area contributed by atoms with Crippen LogP contribution in [0.3, 0.4) is 0 Å². The van der Waals surface area contributed by atoms with Gasteiger partial charge >= 0.3 is 0 Å². The highest BCUT2D eigenvalue weighted by atomic mass is 14.2. The molecule has 0 radical (unpaired) electrons. The molecule has 0 N–H and O–H groups in total. The van der Waals surface area contributed by atoms with E-state index in [0.717, 1.165) is 5.92 Å².